The van der Waals surface area contributed by atoms with Crippen LogP contribution in [0.15, 0.2) is 30.3 Å². The number of halogens is 3. The zero-order valence-electron chi connectivity index (χ0n) is 11.3. The molecule has 1 aromatic heterocycles. The summed E-state index contributed by atoms with van der Waals surface area (Å²) in [6, 6.07) is 7.89. The summed E-state index contributed by atoms with van der Waals surface area (Å²) in [4.78, 5) is 14.1. The Morgan fingerprint density at radius 3 is 2.71 bits per heavy atom. The van der Waals surface area contributed by atoms with Gasteiger partial charge in [-0.15, -0.1) is 11.3 Å². The second-order valence-electron chi connectivity index (χ2n) is 4.69. The van der Waals surface area contributed by atoms with E-state index in [1.807, 2.05) is 19.2 Å². The molecule has 2 aromatic rings. The number of hydrogen-bond donors (Lipinski definition) is 2. The van der Waals surface area contributed by atoms with Gasteiger partial charge in [-0.1, -0.05) is 23.2 Å². The van der Waals surface area contributed by atoms with E-state index in [4.69, 9.17) is 23.2 Å². The lowest BCUT2D eigenvalue weighted by Crippen LogP contribution is -3.08. The zero-order chi connectivity index (χ0) is 15.4. The number of amides is 1. The number of rotatable bonds is 5. The lowest BCUT2D eigenvalue weighted by atomic mass is 10.3. The third-order valence-corrected chi connectivity index (χ3v) is 4.29. The van der Waals surface area contributed by atoms with Crippen molar-refractivity contribution >= 4 is 46.1 Å². The zero-order valence-corrected chi connectivity index (χ0v) is 13.6. The lowest BCUT2D eigenvalue weighted by Gasteiger charge is -2.13. The molecular weight excluding hydrogens is 334 g/mol. The van der Waals surface area contributed by atoms with E-state index >= 15 is 0 Å². The van der Waals surface area contributed by atoms with Crippen LogP contribution in [0.1, 0.15) is 4.88 Å². The topological polar surface area (TPSA) is 33.5 Å². The molecule has 0 aliphatic carbocycles. The normalized spacial score (nSPS) is 12.2. The second kappa shape index (κ2) is 7.22. The fraction of sp³-hybridized carbons (Fsp3) is 0.214. The first-order valence-corrected chi connectivity index (χ1v) is 7.81. The fourth-order valence-electron chi connectivity index (χ4n) is 1.86. The molecule has 0 spiro atoms. The standard InChI is InChI=1S/C14H13Cl2FN2OS/c1-19(7-10-3-5-13(16)21-10)8-14(20)18-9-2-4-12(17)11(15)6-9/h2-6H,7-8H2,1H3,(H,18,20)/p+1. The highest BCUT2D eigenvalue weighted by atomic mass is 35.5. The van der Waals surface area contributed by atoms with Crippen LogP contribution in [-0.2, 0) is 11.3 Å². The van der Waals surface area contributed by atoms with Gasteiger partial charge in [-0.3, -0.25) is 4.79 Å². The summed E-state index contributed by atoms with van der Waals surface area (Å²) in [5.41, 5.74) is 0.485. The number of thiophene rings is 1. The lowest BCUT2D eigenvalue weighted by molar-refractivity contribution is -0.884. The average Bonchev–Trinajstić information content (AvgIpc) is 2.79. The van der Waals surface area contributed by atoms with Gasteiger partial charge in [0.2, 0.25) is 0 Å². The van der Waals surface area contributed by atoms with Crippen molar-refractivity contribution in [3.63, 3.8) is 0 Å². The molecule has 3 nitrogen and oxygen atoms in total. The maximum atomic E-state index is 13.0. The van der Waals surface area contributed by atoms with Crippen molar-refractivity contribution in [2.24, 2.45) is 0 Å². The smallest absolute Gasteiger partial charge is 0.279 e. The van der Waals surface area contributed by atoms with Crippen LogP contribution in [0.5, 0.6) is 0 Å². The molecule has 0 aliphatic heterocycles. The molecule has 1 amide bonds. The van der Waals surface area contributed by atoms with E-state index in [9.17, 15) is 9.18 Å². The number of hydrogen-bond acceptors (Lipinski definition) is 2. The Balaban J connectivity index is 1.87. The summed E-state index contributed by atoms with van der Waals surface area (Å²) in [6.45, 7) is 1.01. The Kier molecular flexibility index (Phi) is 5.58. The molecule has 2 N–H and O–H groups in total. The highest BCUT2D eigenvalue weighted by Crippen LogP contribution is 2.20. The molecule has 1 aromatic carbocycles. The van der Waals surface area contributed by atoms with Crippen LogP contribution in [0.3, 0.4) is 0 Å². The Labute approximate surface area is 136 Å². The maximum absolute atomic E-state index is 13.0. The molecule has 0 saturated carbocycles. The van der Waals surface area contributed by atoms with E-state index in [2.05, 4.69) is 5.32 Å². The van der Waals surface area contributed by atoms with Crippen LogP contribution >= 0.6 is 34.5 Å². The van der Waals surface area contributed by atoms with Crippen molar-refractivity contribution in [2.75, 3.05) is 18.9 Å². The average molecular weight is 348 g/mol. The Morgan fingerprint density at radius 2 is 2.10 bits per heavy atom. The van der Waals surface area contributed by atoms with Gasteiger partial charge in [0.05, 0.1) is 21.3 Å². The Hall–Kier alpha value is -1.14. The predicted octanol–water partition coefficient (Wildman–Crippen LogP) is 2.85. The molecule has 1 atom stereocenters. The number of nitrogens with one attached hydrogen (secondary N) is 2. The van der Waals surface area contributed by atoms with Crippen molar-refractivity contribution in [1.29, 1.82) is 0 Å². The molecular formula is C14H14Cl2FN2OS+. The third kappa shape index (κ3) is 4.97. The van der Waals surface area contributed by atoms with Crippen LogP contribution in [0.25, 0.3) is 0 Å². The first-order chi connectivity index (χ1) is 9.94. The number of anilines is 1. The third-order valence-electron chi connectivity index (χ3n) is 2.77. The van der Waals surface area contributed by atoms with Crippen LogP contribution in [0, 0.1) is 5.82 Å². The van der Waals surface area contributed by atoms with Crippen molar-refractivity contribution in [1.82, 2.24) is 0 Å². The molecule has 0 fully saturated rings. The second-order valence-corrected chi connectivity index (χ2v) is 6.90. The van der Waals surface area contributed by atoms with E-state index in [0.29, 0.717) is 12.2 Å². The Morgan fingerprint density at radius 1 is 1.33 bits per heavy atom. The Bertz CT molecular complexity index is 648. The molecule has 0 aliphatic rings. The minimum Gasteiger partial charge on any atom is -0.325 e. The largest absolute Gasteiger partial charge is 0.325 e. The molecule has 0 bridgehead atoms. The first-order valence-electron chi connectivity index (χ1n) is 6.24. The van der Waals surface area contributed by atoms with Crippen molar-refractivity contribution in [3.8, 4) is 0 Å². The van der Waals surface area contributed by atoms with Crippen molar-refractivity contribution in [2.45, 2.75) is 6.54 Å². The van der Waals surface area contributed by atoms with Crippen LogP contribution in [0.2, 0.25) is 9.36 Å². The van der Waals surface area contributed by atoms with Gasteiger partial charge in [0.25, 0.3) is 5.91 Å². The van der Waals surface area contributed by atoms with Gasteiger partial charge in [0.1, 0.15) is 12.4 Å². The number of likely N-dealkylation sites (N-methyl/N-ethyl adjacent to an activating group) is 1. The van der Waals surface area contributed by atoms with E-state index < -0.39 is 5.82 Å². The molecule has 2 rings (SSSR count). The molecule has 0 radical (unpaired) electrons. The van der Waals surface area contributed by atoms with Gasteiger partial charge in [-0.05, 0) is 30.3 Å². The molecule has 7 heteroatoms. The summed E-state index contributed by atoms with van der Waals surface area (Å²) >= 11 is 13.0. The number of benzene rings is 1. The molecule has 1 heterocycles. The fourth-order valence-corrected chi connectivity index (χ4v) is 3.24. The number of quaternary nitrogens is 1. The minimum absolute atomic E-state index is 0.0123. The predicted molar refractivity (Wildman–Crippen MR) is 84.8 cm³/mol. The van der Waals surface area contributed by atoms with Crippen molar-refractivity contribution in [3.05, 3.63) is 50.4 Å². The van der Waals surface area contributed by atoms with Crippen molar-refractivity contribution < 1.29 is 14.1 Å². The molecule has 1 unspecified atom stereocenters. The van der Waals surface area contributed by atoms with E-state index in [-0.39, 0.29) is 10.9 Å². The maximum Gasteiger partial charge on any atom is 0.279 e. The highest BCUT2D eigenvalue weighted by Gasteiger charge is 2.12. The first kappa shape index (κ1) is 16.2. The monoisotopic (exact) mass is 347 g/mol. The van der Waals surface area contributed by atoms with Crippen LogP contribution in [0.4, 0.5) is 10.1 Å². The summed E-state index contributed by atoms with van der Waals surface area (Å²) in [7, 11) is 1.92. The summed E-state index contributed by atoms with van der Waals surface area (Å²) < 4.78 is 13.8. The number of carbonyl (C=O) groups excluding carboxylic acids is 1. The summed E-state index contributed by atoms with van der Waals surface area (Å²) in [5.74, 6) is -0.662. The van der Waals surface area contributed by atoms with E-state index in [0.717, 1.165) is 20.7 Å². The quantitative estimate of drug-likeness (QED) is 0.856. The van der Waals surface area contributed by atoms with Gasteiger partial charge in [-0.25, -0.2) is 4.39 Å². The van der Waals surface area contributed by atoms with Gasteiger partial charge >= 0.3 is 0 Å². The van der Waals surface area contributed by atoms with E-state index in [1.54, 1.807) is 0 Å². The minimum atomic E-state index is -0.507. The highest BCUT2D eigenvalue weighted by molar-refractivity contribution is 7.16. The molecule has 21 heavy (non-hydrogen) atoms. The van der Waals surface area contributed by atoms with Gasteiger partial charge in [0.15, 0.2) is 6.54 Å². The van der Waals surface area contributed by atoms with Crippen LogP contribution in [-0.4, -0.2) is 19.5 Å². The summed E-state index contributed by atoms with van der Waals surface area (Å²) in [6.07, 6.45) is 0. The summed E-state index contributed by atoms with van der Waals surface area (Å²) in [5, 5.41) is 2.69. The SMILES string of the molecule is C[NH+](CC(=O)Nc1ccc(F)c(Cl)c1)Cc1ccc(Cl)s1. The van der Waals surface area contributed by atoms with Gasteiger partial charge < -0.3 is 10.2 Å². The van der Waals surface area contributed by atoms with Crippen LogP contribution < -0.4 is 10.2 Å². The van der Waals surface area contributed by atoms with Gasteiger partial charge in [-0.2, -0.15) is 0 Å². The number of carbonyl (C=O) groups is 1. The van der Waals surface area contributed by atoms with Gasteiger partial charge in [0, 0.05) is 5.69 Å². The van der Waals surface area contributed by atoms with E-state index in [1.165, 1.54) is 29.5 Å². The molecule has 0 saturated heterocycles. The molecule has 112 valence electrons.